The highest BCUT2D eigenvalue weighted by Gasteiger charge is 2.13. The van der Waals surface area contributed by atoms with E-state index in [1.165, 1.54) is 12.1 Å². The summed E-state index contributed by atoms with van der Waals surface area (Å²) in [5.74, 6) is 0.519. The number of nitro benzene ring substituents is 1. The van der Waals surface area contributed by atoms with Gasteiger partial charge in [-0.25, -0.2) is 0 Å². The number of β-amino-alcohol motifs (C(OH)–C–C–N with tert-alkyl or cyclic N) is 1. The Labute approximate surface area is 166 Å². The number of aliphatic hydroxyl groups is 1. The van der Waals surface area contributed by atoms with Crippen LogP contribution in [0.25, 0.3) is 0 Å². The van der Waals surface area contributed by atoms with Gasteiger partial charge in [-0.05, 0) is 51.2 Å². The van der Waals surface area contributed by atoms with Crippen LogP contribution in [0.15, 0.2) is 24.3 Å². The van der Waals surface area contributed by atoms with E-state index >= 15 is 0 Å². The van der Waals surface area contributed by atoms with Crippen molar-refractivity contribution < 1.29 is 14.8 Å². The zero-order valence-electron chi connectivity index (χ0n) is 16.4. The summed E-state index contributed by atoms with van der Waals surface area (Å²) in [5, 5.41) is 31.3. The molecular weight excluding hydrogens is 362 g/mol. The van der Waals surface area contributed by atoms with E-state index in [-0.39, 0.29) is 12.3 Å². The highest BCUT2D eigenvalue weighted by Crippen LogP contribution is 2.17. The molecule has 1 unspecified atom stereocenters. The molecule has 1 aliphatic rings. The van der Waals surface area contributed by atoms with Crippen LogP contribution >= 0.6 is 0 Å². The Morgan fingerprint density at radius 3 is 2.32 bits per heavy atom. The van der Waals surface area contributed by atoms with Gasteiger partial charge >= 0.3 is 0 Å². The molecule has 1 saturated heterocycles. The van der Waals surface area contributed by atoms with Gasteiger partial charge in [0.1, 0.15) is 18.5 Å². The van der Waals surface area contributed by atoms with Crippen molar-refractivity contribution in [1.82, 2.24) is 20.9 Å². The third kappa shape index (κ3) is 9.43. The molecule has 1 aromatic rings. The van der Waals surface area contributed by atoms with Gasteiger partial charge in [0, 0.05) is 44.9 Å². The normalized spacial score (nSPS) is 19.5. The van der Waals surface area contributed by atoms with E-state index in [1.54, 1.807) is 12.1 Å². The molecule has 1 aromatic carbocycles. The minimum Gasteiger partial charge on any atom is -0.491 e. The van der Waals surface area contributed by atoms with E-state index in [4.69, 9.17) is 4.74 Å². The first-order chi connectivity index (χ1) is 13.6. The zero-order valence-corrected chi connectivity index (χ0v) is 16.4. The lowest BCUT2D eigenvalue weighted by molar-refractivity contribution is -0.384. The average molecular weight is 396 g/mol. The van der Waals surface area contributed by atoms with E-state index < -0.39 is 11.0 Å². The number of ether oxygens (including phenoxy) is 1. The summed E-state index contributed by atoms with van der Waals surface area (Å²) < 4.78 is 5.58. The van der Waals surface area contributed by atoms with Crippen molar-refractivity contribution in [2.45, 2.75) is 18.9 Å². The van der Waals surface area contributed by atoms with Gasteiger partial charge in [0.15, 0.2) is 0 Å². The summed E-state index contributed by atoms with van der Waals surface area (Å²) in [4.78, 5) is 12.5. The van der Waals surface area contributed by atoms with Crippen LogP contribution in [0.5, 0.6) is 5.75 Å². The molecule has 9 nitrogen and oxygen atoms in total. The molecule has 1 fully saturated rings. The standard InChI is InChI=1S/C19H33N5O4/c25-18(16-28-19-5-3-17(4-6-19)24(26)27)15-23-13-2-9-21-11-10-20-7-1-8-22-12-14-23/h3-6,18,20-22,25H,1-2,7-16H2. The molecule has 0 aliphatic carbocycles. The second-order valence-corrected chi connectivity index (χ2v) is 6.97. The molecule has 0 bridgehead atoms. The van der Waals surface area contributed by atoms with Crippen LogP contribution in [0.3, 0.4) is 0 Å². The Morgan fingerprint density at radius 2 is 1.64 bits per heavy atom. The molecule has 4 N–H and O–H groups in total. The van der Waals surface area contributed by atoms with Crippen LogP contribution < -0.4 is 20.7 Å². The second-order valence-electron chi connectivity index (χ2n) is 6.97. The molecule has 0 amide bonds. The predicted octanol–water partition coefficient (Wildman–Crippen LogP) is 0.199. The first kappa shape index (κ1) is 22.5. The van der Waals surface area contributed by atoms with Gasteiger partial charge < -0.3 is 25.8 Å². The molecule has 1 atom stereocenters. The Kier molecular flexibility index (Phi) is 10.8. The Balaban J connectivity index is 1.74. The maximum atomic E-state index is 10.7. The largest absolute Gasteiger partial charge is 0.491 e. The number of nitrogens with zero attached hydrogens (tertiary/aromatic N) is 2. The molecular formula is C19H33N5O4. The van der Waals surface area contributed by atoms with Gasteiger partial charge in [-0.15, -0.1) is 0 Å². The van der Waals surface area contributed by atoms with Gasteiger partial charge in [0.25, 0.3) is 5.69 Å². The number of rotatable bonds is 6. The van der Waals surface area contributed by atoms with Gasteiger partial charge in [-0.1, -0.05) is 0 Å². The minimum absolute atomic E-state index is 0.0237. The first-order valence-electron chi connectivity index (χ1n) is 10.0. The van der Waals surface area contributed by atoms with E-state index in [1.807, 2.05) is 0 Å². The van der Waals surface area contributed by atoms with Crippen molar-refractivity contribution >= 4 is 5.69 Å². The van der Waals surface area contributed by atoms with E-state index in [0.717, 1.165) is 65.2 Å². The Morgan fingerprint density at radius 1 is 1.00 bits per heavy atom. The van der Waals surface area contributed by atoms with Crippen molar-refractivity contribution in [3.05, 3.63) is 34.4 Å². The summed E-state index contributed by atoms with van der Waals surface area (Å²) in [6.45, 7) is 8.31. The number of hydrogen-bond acceptors (Lipinski definition) is 8. The van der Waals surface area contributed by atoms with Gasteiger partial charge in [-0.3, -0.25) is 15.0 Å². The number of non-ortho nitro benzene ring substituents is 1. The number of benzene rings is 1. The van der Waals surface area contributed by atoms with E-state index in [2.05, 4.69) is 20.9 Å². The highest BCUT2D eigenvalue weighted by atomic mass is 16.6. The van der Waals surface area contributed by atoms with Gasteiger partial charge in [0.2, 0.25) is 0 Å². The monoisotopic (exact) mass is 395 g/mol. The highest BCUT2D eigenvalue weighted by molar-refractivity contribution is 5.35. The third-order valence-electron chi connectivity index (χ3n) is 4.58. The molecule has 28 heavy (non-hydrogen) atoms. The Bertz CT molecular complexity index is 544. The summed E-state index contributed by atoms with van der Waals surface area (Å²) in [6.07, 6.45) is 1.51. The van der Waals surface area contributed by atoms with Crippen LogP contribution in [0, 0.1) is 10.1 Å². The van der Waals surface area contributed by atoms with Crippen molar-refractivity contribution in [1.29, 1.82) is 0 Å². The van der Waals surface area contributed by atoms with Crippen LogP contribution in [-0.2, 0) is 0 Å². The zero-order chi connectivity index (χ0) is 20.0. The molecule has 0 spiro atoms. The topological polar surface area (TPSA) is 112 Å². The van der Waals surface area contributed by atoms with Crippen molar-refractivity contribution in [3.8, 4) is 5.75 Å². The lowest BCUT2D eigenvalue weighted by atomic mass is 10.3. The fourth-order valence-corrected chi connectivity index (χ4v) is 3.06. The maximum Gasteiger partial charge on any atom is 0.269 e. The summed E-state index contributed by atoms with van der Waals surface area (Å²) in [6, 6.07) is 5.91. The molecule has 9 heteroatoms. The summed E-state index contributed by atoms with van der Waals surface area (Å²) in [5.41, 5.74) is 0.0237. The lowest BCUT2D eigenvalue weighted by Gasteiger charge is -2.25. The summed E-state index contributed by atoms with van der Waals surface area (Å²) in [7, 11) is 0. The fourth-order valence-electron chi connectivity index (χ4n) is 3.06. The Hall–Kier alpha value is -1.78. The van der Waals surface area contributed by atoms with Crippen LogP contribution in [-0.4, -0.2) is 86.5 Å². The third-order valence-corrected chi connectivity index (χ3v) is 4.58. The molecule has 158 valence electrons. The SMILES string of the molecule is O=[N+]([O-])c1ccc(OCC(O)CN2CCCNCCNCCCNCC2)cc1. The lowest BCUT2D eigenvalue weighted by Crippen LogP contribution is -2.41. The molecule has 0 radical (unpaired) electrons. The van der Waals surface area contributed by atoms with Crippen LogP contribution in [0.2, 0.25) is 0 Å². The van der Waals surface area contributed by atoms with Crippen molar-refractivity contribution in [2.75, 3.05) is 65.5 Å². The second kappa shape index (κ2) is 13.4. The minimum atomic E-state index is -0.619. The smallest absolute Gasteiger partial charge is 0.269 e. The average Bonchev–Trinajstić information content (AvgIpc) is 2.69. The predicted molar refractivity (Wildman–Crippen MR) is 109 cm³/mol. The number of nitrogens with one attached hydrogen (secondary N) is 3. The van der Waals surface area contributed by atoms with Crippen LogP contribution in [0.1, 0.15) is 12.8 Å². The summed E-state index contributed by atoms with van der Waals surface area (Å²) >= 11 is 0. The quantitative estimate of drug-likeness (QED) is 0.399. The van der Waals surface area contributed by atoms with Crippen LogP contribution in [0.4, 0.5) is 5.69 Å². The molecule has 1 heterocycles. The molecule has 2 rings (SSSR count). The maximum absolute atomic E-state index is 10.7. The fraction of sp³-hybridized carbons (Fsp3) is 0.684. The first-order valence-corrected chi connectivity index (χ1v) is 10.0. The van der Waals surface area contributed by atoms with E-state index in [0.29, 0.717) is 12.3 Å². The van der Waals surface area contributed by atoms with Gasteiger partial charge in [0.05, 0.1) is 4.92 Å². The molecule has 0 saturated carbocycles. The van der Waals surface area contributed by atoms with Gasteiger partial charge in [-0.2, -0.15) is 0 Å². The number of aliphatic hydroxyl groups excluding tert-OH is 1. The number of nitro groups is 1. The van der Waals surface area contributed by atoms with Crippen molar-refractivity contribution in [3.63, 3.8) is 0 Å². The molecule has 1 aliphatic heterocycles. The number of hydrogen-bond donors (Lipinski definition) is 4. The van der Waals surface area contributed by atoms with Crippen molar-refractivity contribution in [2.24, 2.45) is 0 Å². The van der Waals surface area contributed by atoms with E-state index in [9.17, 15) is 15.2 Å². The molecule has 0 aromatic heterocycles.